The Bertz CT molecular complexity index is 640. The largest absolute Gasteiger partial charge is 0.810 e. The van der Waals surface area contributed by atoms with Crippen molar-refractivity contribution in [3.63, 3.8) is 0 Å². The molecule has 0 spiro atoms. The van der Waals surface area contributed by atoms with Gasteiger partial charge in [-0.2, -0.15) is 0 Å². The normalized spacial score (nSPS) is 20.6. The van der Waals surface area contributed by atoms with Crippen LogP contribution >= 0.6 is 30.4 Å². The maximum absolute atomic E-state index is 11.5. The van der Waals surface area contributed by atoms with Crippen LogP contribution in [0.5, 0.6) is 0 Å². The SMILES string of the molecule is O=P([O-])([O-])CN1CCN(CP(=O)(O)O)CCN(CP(=O)(O)O)CCN(CP(=O)(O)O)CC1.[166Ho]. The minimum atomic E-state index is -4.98. The first-order valence-corrected chi connectivity index (χ1v) is 16.5. The van der Waals surface area contributed by atoms with Gasteiger partial charge >= 0.3 is 22.8 Å². The van der Waals surface area contributed by atoms with E-state index in [0.29, 0.717) is 0 Å². The first kappa shape index (κ1) is 34.7. The van der Waals surface area contributed by atoms with Crippen LogP contribution < -0.4 is 9.79 Å². The Labute approximate surface area is 221 Å². The zero-order valence-electron chi connectivity index (χ0n) is 17.5. The molecule has 0 aromatic carbocycles. The van der Waals surface area contributed by atoms with Crippen molar-refractivity contribution in [2.24, 2.45) is 0 Å². The smallest absolute Gasteiger partial charge is 0.339 e. The first-order valence-electron chi connectivity index (χ1n) is 9.36. The molecule has 33 heavy (non-hydrogen) atoms. The van der Waals surface area contributed by atoms with Gasteiger partial charge in [-0.15, -0.1) is 0 Å². The summed E-state index contributed by atoms with van der Waals surface area (Å²) in [4.78, 5) is 83.4. The molecule has 16 nitrogen and oxygen atoms in total. The molecule has 0 unspecified atom stereocenters. The summed E-state index contributed by atoms with van der Waals surface area (Å²) in [5, 5.41) is 0. The van der Waals surface area contributed by atoms with E-state index in [1.165, 1.54) is 19.6 Å². The molecule has 0 aromatic heterocycles. The van der Waals surface area contributed by atoms with E-state index in [-0.39, 0.29) is 90.1 Å². The van der Waals surface area contributed by atoms with Gasteiger partial charge in [0.05, 0.1) is 0 Å². The molecule has 6 N–H and O–H groups in total. The third-order valence-electron chi connectivity index (χ3n) is 4.46. The molecule has 0 aromatic rings. The fraction of sp³-hybridized carbons (Fsp3) is 1.00. The number of hydrogen-bond acceptors (Lipinski definition) is 10. The van der Waals surface area contributed by atoms with Crippen molar-refractivity contribution in [3.8, 4) is 0 Å². The van der Waals surface area contributed by atoms with Crippen molar-refractivity contribution in [2.45, 2.75) is 0 Å². The molecule has 1 saturated heterocycles. The summed E-state index contributed by atoms with van der Waals surface area (Å²) in [5.74, 6) is 0. The Balaban J connectivity index is 0.0000102. The fourth-order valence-electron chi connectivity index (χ4n) is 3.17. The van der Waals surface area contributed by atoms with Crippen LogP contribution in [0.3, 0.4) is 0 Å². The van der Waals surface area contributed by atoms with Crippen LogP contribution in [0.2, 0.25) is 0 Å². The monoisotopic (exact) mass is 712 g/mol. The van der Waals surface area contributed by atoms with Crippen molar-refractivity contribution < 1.29 is 95.1 Å². The quantitative estimate of drug-likeness (QED) is 0.106. The molecule has 1 aliphatic rings. The van der Waals surface area contributed by atoms with Crippen molar-refractivity contribution in [2.75, 3.05) is 77.5 Å². The van der Waals surface area contributed by atoms with Crippen LogP contribution in [0.15, 0.2) is 0 Å². The average molecular weight is 712 g/mol. The van der Waals surface area contributed by atoms with Crippen LogP contribution in [-0.2, 0) is 18.3 Å². The van der Waals surface area contributed by atoms with E-state index in [1.807, 2.05) is 0 Å². The summed E-state index contributed by atoms with van der Waals surface area (Å²) in [7, 11) is -18.5. The van der Waals surface area contributed by atoms with E-state index < -0.39 is 55.5 Å². The van der Waals surface area contributed by atoms with E-state index in [0.717, 1.165) is 0 Å². The van der Waals surface area contributed by atoms with E-state index >= 15 is 0 Å². The predicted molar refractivity (Wildman–Crippen MR) is 109 cm³/mol. The van der Waals surface area contributed by atoms with E-state index in [2.05, 4.69) is 0 Å². The van der Waals surface area contributed by atoms with Crippen molar-refractivity contribution in [3.05, 3.63) is 0 Å². The molecule has 203 valence electrons. The summed E-state index contributed by atoms with van der Waals surface area (Å²) in [5.41, 5.74) is 0. The van der Waals surface area contributed by atoms with Gasteiger partial charge in [-0.05, 0) is 0 Å². The van der Waals surface area contributed by atoms with Gasteiger partial charge in [0.1, 0.15) is 18.9 Å². The fourth-order valence-corrected chi connectivity index (χ4v) is 6.36. The molecule has 1 heterocycles. The van der Waals surface area contributed by atoms with E-state index in [1.54, 1.807) is 0 Å². The molecule has 0 amide bonds. The molecule has 1 radical (unpaired) electrons. The number of hydrogen-bond donors (Lipinski definition) is 6. The molecule has 1 aliphatic heterocycles. The maximum Gasteiger partial charge on any atom is 0.339 e. The van der Waals surface area contributed by atoms with Crippen molar-refractivity contribution in [1.82, 2.24) is 19.6 Å². The molecule has 0 bridgehead atoms. The minimum absolute atomic E-state index is 0. The Morgan fingerprint density at radius 1 is 0.485 bits per heavy atom. The van der Waals surface area contributed by atoms with Gasteiger partial charge in [-0.25, -0.2) is 0 Å². The molecule has 0 atom stereocenters. The molecule has 0 aliphatic carbocycles. The number of rotatable bonds is 8. The first-order chi connectivity index (χ1) is 14.3. The average Bonchev–Trinajstić information content (AvgIpc) is 2.52. The van der Waals surface area contributed by atoms with Crippen LogP contribution in [0.4, 0.5) is 0 Å². The van der Waals surface area contributed by atoms with Gasteiger partial charge in [-0.3, -0.25) is 33.3 Å². The van der Waals surface area contributed by atoms with E-state index in [4.69, 9.17) is 0 Å². The maximum atomic E-state index is 11.5. The predicted octanol–water partition coefficient (Wildman–Crippen LogP) is -3.52. The molecule has 1 rings (SSSR count). The van der Waals surface area contributed by atoms with Gasteiger partial charge in [0.15, 0.2) is 0 Å². The standard InChI is InChI=1S/C12H32N4O12P4.Ho/c17-29(18,19)9-13-1-2-14(10-30(20,21)22)5-6-16(12-32(26,27)28)8-7-15(4-3-13)11-31(23,24)25;/h1-12H2,(H2,17,18,19)(H2,20,21,22)(H2,23,24,25)(H2,26,27,28);/p-2/i;1+1. The van der Waals surface area contributed by atoms with Crippen LogP contribution in [0.25, 0.3) is 0 Å². The van der Waals surface area contributed by atoms with Gasteiger partial charge in [-0.1, -0.05) is 7.60 Å². The Kier molecular flexibility index (Phi) is 15.3. The molecule has 1 fully saturated rings. The summed E-state index contributed by atoms with van der Waals surface area (Å²) in [6.45, 7) is -0.436. The van der Waals surface area contributed by atoms with Gasteiger partial charge in [0, 0.05) is 96.4 Å². The second-order valence-electron chi connectivity index (χ2n) is 7.64. The molecule has 0 saturated carbocycles. The zero-order chi connectivity index (χ0) is 24.8. The summed E-state index contributed by atoms with van der Waals surface area (Å²) >= 11 is 0. The molecular formula is C12H30HoN4O12P4-2. The third-order valence-corrected chi connectivity index (χ3v) is 7.51. The second kappa shape index (κ2) is 14.6. The topological polar surface area (TPSA) is 249 Å². The van der Waals surface area contributed by atoms with Crippen LogP contribution in [-0.4, -0.2) is 126 Å². The van der Waals surface area contributed by atoms with Gasteiger partial charge in [0.25, 0.3) is 0 Å². The Hall–Kier alpha value is 1.70. The third kappa shape index (κ3) is 19.5. The van der Waals surface area contributed by atoms with Crippen molar-refractivity contribution >= 4 is 30.4 Å². The summed E-state index contributed by atoms with van der Waals surface area (Å²) in [6, 6.07) is 0. The molecule has 21 heteroatoms. The summed E-state index contributed by atoms with van der Waals surface area (Å²) in [6.07, 6.45) is -2.89. The van der Waals surface area contributed by atoms with Crippen molar-refractivity contribution in [1.29, 1.82) is 0 Å². The molecular weight excluding hydrogens is 682 g/mol. The number of nitrogens with zero attached hydrogens (tertiary/aromatic N) is 4. The zero-order valence-corrected chi connectivity index (χ0v) is 23.0. The minimum Gasteiger partial charge on any atom is -0.810 e. The van der Waals surface area contributed by atoms with E-state index in [9.17, 15) is 57.4 Å². The van der Waals surface area contributed by atoms with Crippen LogP contribution in [0, 0.1) is 37.7 Å². The Morgan fingerprint density at radius 2 is 0.667 bits per heavy atom. The summed E-state index contributed by atoms with van der Waals surface area (Å²) < 4.78 is 45.6. The van der Waals surface area contributed by atoms with Gasteiger partial charge in [0.2, 0.25) is 0 Å². The van der Waals surface area contributed by atoms with Crippen LogP contribution in [0.1, 0.15) is 0 Å². The van der Waals surface area contributed by atoms with Gasteiger partial charge < -0.3 is 43.7 Å². The second-order valence-corrected chi connectivity index (χ2v) is 14.0. The Morgan fingerprint density at radius 3 is 0.818 bits per heavy atom.